The molecule has 0 aliphatic rings. The SMILES string of the molecule is CCNC(=O)C(CC)N(Cc1ccc(Cl)cc1)C(=O)CN(c1ccccc1C)S(=O)(=O)c1ccccc1. The highest BCUT2D eigenvalue weighted by Gasteiger charge is 2.33. The summed E-state index contributed by atoms with van der Waals surface area (Å²) < 4.78 is 28.7. The molecule has 1 N–H and O–H groups in total. The number of rotatable bonds is 11. The molecule has 7 nitrogen and oxygen atoms in total. The molecule has 37 heavy (non-hydrogen) atoms. The highest BCUT2D eigenvalue weighted by Crippen LogP contribution is 2.27. The first-order chi connectivity index (χ1) is 17.7. The number of carbonyl (C=O) groups excluding carboxylic acids is 2. The lowest BCUT2D eigenvalue weighted by molar-refractivity contribution is -0.140. The fourth-order valence-electron chi connectivity index (χ4n) is 4.07. The molecular weight excluding hydrogens is 510 g/mol. The predicted molar refractivity (Wildman–Crippen MR) is 147 cm³/mol. The summed E-state index contributed by atoms with van der Waals surface area (Å²) in [6, 6.07) is 21.2. The highest BCUT2D eigenvalue weighted by atomic mass is 35.5. The van der Waals surface area contributed by atoms with Crippen molar-refractivity contribution >= 4 is 39.1 Å². The highest BCUT2D eigenvalue weighted by molar-refractivity contribution is 7.92. The van der Waals surface area contributed by atoms with E-state index in [9.17, 15) is 18.0 Å². The van der Waals surface area contributed by atoms with Gasteiger partial charge < -0.3 is 10.2 Å². The van der Waals surface area contributed by atoms with Gasteiger partial charge in [0.05, 0.1) is 10.6 Å². The lowest BCUT2D eigenvalue weighted by Gasteiger charge is -2.33. The Hall–Kier alpha value is -3.36. The molecule has 1 atom stereocenters. The maximum absolute atomic E-state index is 13.9. The Morgan fingerprint density at radius 1 is 0.919 bits per heavy atom. The molecule has 0 saturated heterocycles. The molecule has 9 heteroatoms. The molecule has 0 aliphatic carbocycles. The molecule has 0 bridgehead atoms. The van der Waals surface area contributed by atoms with Gasteiger partial charge in [-0.05, 0) is 61.7 Å². The van der Waals surface area contributed by atoms with Crippen molar-refractivity contribution in [3.8, 4) is 0 Å². The molecule has 3 rings (SSSR count). The number of sulfonamides is 1. The summed E-state index contributed by atoms with van der Waals surface area (Å²) in [6.45, 7) is 5.49. The van der Waals surface area contributed by atoms with E-state index in [-0.39, 0.29) is 17.3 Å². The molecule has 0 fully saturated rings. The van der Waals surface area contributed by atoms with Crippen LogP contribution in [0.25, 0.3) is 0 Å². The number of carbonyl (C=O) groups is 2. The van der Waals surface area contributed by atoms with E-state index in [1.54, 1.807) is 67.6 Å². The number of amides is 2. The topological polar surface area (TPSA) is 86.8 Å². The molecule has 0 heterocycles. The Kier molecular flexibility index (Phi) is 9.72. The van der Waals surface area contributed by atoms with Crippen molar-refractivity contribution < 1.29 is 18.0 Å². The predicted octanol–water partition coefficient (Wildman–Crippen LogP) is 4.79. The summed E-state index contributed by atoms with van der Waals surface area (Å²) in [4.78, 5) is 28.4. The van der Waals surface area contributed by atoms with Crippen LogP contribution in [-0.2, 0) is 26.2 Å². The largest absolute Gasteiger partial charge is 0.355 e. The van der Waals surface area contributed by atoms with Gasteiger partial charge in [0.1, 0.15) is 12.6 Å². The first-order valence-corrected chi connectivity index (χ1v) is 14.0. The van der Waals surface area contributed by atoms with E-state index >= 15 is 0 Å². The molecule has 2 amide bonds. The number of likely N-dealkylation sites (N-methyl/N-ethyl adjacent to an activating group) is 1. The number of anilines is 1. The Labute approximate surface area is 224 Å². The van der Waals surface area contributed by atoms with Crippen LogP contribution in [0.1, 0.15) is 31.4 Å². The summed E-state index contributed by atoms with van der Waals surface area (Å²) in [5.74, 6) is -0.781. The Balaban J connectivity index is 2.05. The lowest BCUT2D eigenvalue weighted by Crippen LogP contribution is -2.52. The van der Waals surface area contributed by atoms with Gasteiger partial charge in [0.15, 0.2) is 0 Å². The average molecular weight is 542 g/mol. The molecule has 0 saturated carbocycles. The fourth-order valence-corrected chi connectivity index (χ4v) is 5.70. The van der Waals surface area contributed by atoms with Crippen molar-refractivity contribution in [2.75, 3.05) is 17.4 Å². The minimum absolute atomic E-state index is 0.0751. The molecule has 0 spiro atoms. The van der Waals surface area contributed by atoms with E-state index in [0.29, 0.717) is 29.2 Å². The van der Waals surface area contributed by atoms with Gasteiger partial charge in [-0.1, -0.05) is 67.1 Å². The minimum Gasteiger partial charge on any atom is -0.355 e. The van der Waals surface area contributed by atoms with E-state index in [1.165, 1.54) is 17.0 Å². The lowest BCUT2D eigenvalue weighted by atomic mass is 10.1. The zero-order valence-electron chi connectivity index (χ0n) is 21.2. The number of nitrogens with one attached hydrogen (secondary N) is 1. The number of hydrogen-bond acceptors (Lipinski definition) is 4. The van der Waals surface area contributed by atoms with Gasteiger partial charge in [0, 0.05) is 18.1 Å². The first-order valence-electron chi connectivity index (χ1n) is 12.1. The number of hydrogen-bond donors (Lipinski definition) is 1. The maximum Gasteiger partial charge on any atom is 0.264 e. The van der Waals surface area contributed by atoms with Crippen LogP contribution >= 0.6 is 11.6 Å². The maximum atomic E-state index is 13.9. The zero-order valence-corrected chi connectivity index (χ0v) is 22.8. The van der Waals surface area contributed by atoms with Gasteiger partial charge in [0.25, 0.3) is 10.0 Å². The van der Waals surface area contributed by atoms with Crippen LogP contribution in [0, 0.1) is 6.92 Å². The quantitative estimate of drug-likeness (QED) is 0.378. The van der Waals surface area contributed by atoms with Gasteiger partial charge in [-0.15, -0.1) is 0 Å². The zero-order chi connectivity index (χ0) is 27.0. The number of benzene rings is 3. The summed E-state index contributed by atoms with van der Waals surface area (Å²) >= 11 is 6.03. The summed E-state index contributed by atoms with van der Waals surface area (Å²) in [5, 5.41) is 3.34. The van der Waals surface area contributed by atoms with Gasteiger partial charge in [0.2, 0.25) is 11.8 Å². The van der Waals surface area contributed by atoms with Crippen molar-refractivity contribution in [1.29, 1.82) is 0 Å². The summed E-state index contributed by atoms with van der Waals surface area (Å²) in [6.07, 6.45) is 0.362. The third-order valence-corrected chi connectivity index (χ3v) is 8.02. The molecule has 0 aromatic heterocycles. The summed E-state index contributed by atoms with van der Waals surface area (Å²) in [5.41, 5.74) is 1.88. The van der Waals surface area contributed by atoms with Crippen molar-refractivity contribution in [3.63, 3.8) is 0 Å². The third-order valence-electron chi connectivity index (χ3n) is 6.00. The average Bonchev–Trinajstić information content (AvgIpc) is 2.89. The fraction of sp³-hybridized carbons (Fsp3) is 0.286. The van der Waals surface area contributed by atoms with Crippen molar-refractivity contribution in [2.24, 2.45) is 0 Å². The van der Waals surface area contributed by atoms with Gasteiger partial charge in [-0.2, -0.15) is 0 Å². The Morgan fingerprint density at radius 2 is 1.54 bits per heavy atom. The van der Waals surface area contributed by atoms with Gasteiger partial charge in [-0.25, -0.2) is 8.42 Å². The second kappa shape index (κ2) is 12.7. The smallest absolute Gasteiger partial charge is 0.264 e. The second-order valence-corrected chi connectivity index (χ2v) is 10.9. The first kappa shape index (κ1) is 28.2. The normalized spacial score (nSPS) is 12.0. The van der Waals surface area contributed by atoms with E-state index < -0.39 is 28.5 Å². The minimum atomic E-state index is -4.08. The van der Waals surface area contributed by atoms with Crippen molar-refractivity contribution in [2.45, 2.75) is 44.7 Å². The van der Waals surface area contributed by atoms with Crippen LogP contribution in [-0.4, -0.2) is 44.3 Å². The van der Waals surface area contributed by atoms with Crippen LogP contribution < -0.4 is 9.62 Å². The molecule has 196 valence electrons. The van der Waals surface area contributed by atoms with Gasteiger partial charge >= 0.3 is 0 Å². The molecule has 3 aromatic carbocycles. The van der Waals surface area contributed by atoms with Crippen LogP contribution in [0.5, 0.6) is 0 Å². The molecule has 1 unspecified atom stereocenters. The monoisotopic (exact) mass is 541 g/mol. The second-order valence-electron chi connectivity index (χ2n) is 8.58. The molecular formula is C28H32ClN3O4S. The molecule has 0 radical (unpaired) electrons. The van der Waals surface area contributed by atoms with Gasteiger partial charge in [-0.3, -0.25) is 13.9 Å². The number of halogens is 1. The number of aryl methyl sites for hydroxylation is 1. The number of para-hydroxylation sites is 1. The van der Waals surface area contributed by atoms with Crippen LogP contribution in [0.15, 0.2) is 83.8 Å². The van der Waals surface area contributed by atoms with E-state index in [2.05, 4.69) is 5.32 Å². The van der Waals surface area contributed by atoms with Crippen LogP contribution in [0.2, 0.25) is 5.02 Å². The van der Waals surface area contributed by atoms with E-state index in [1.807, 2.05) is 19.9 Å². The van der Waals surface area contributed by atoms with E-state index in [4.69, 9.17) is 11.6 Å². The summed E-state index contributed by atoms with van der Waals surface area (Å²) in [7, 11) is -4.08. The van der Waals surface area contributed by atoms with Crippen molar-refractivity contribution in [3.05, 3.63) is 95.0 Å². The molecule has 3 aromatic rings. The third kappa shape index (κ3) is 6.90. The van der Waals surface area contributed by atoms with Crippen LogP contribution in [0.4, 0.5) is 5.69 Å². The standard InChI is InChI=1S/C28H32ClN3O4S/c1-4-25(28(34)30-5-2)31(19-22-15-17-23(29)18-16-22)27(33)20-32(26-14-10-9-11-21(26)3)37(35,36)24-12-7-6-8-13-24/h6-18,25H,4-5,19-20H2,1-3H3,(H,30,34). The number of nitrogens with zero attached hydrogens (tertiary/aromatic N) is 2. The van der Waals surface area contributed by atoms with Crippen LogP contribution in [0.3, 0.4) is 0 Å². The Bertz CT molecular complexity index is 1310. The molecule has 0 aliphatic heterocycles. The van der Waals surface area contributed by atoms with E-state index in [0.717, 1.165) is 9.87 Å². The van der Waals surface area contributed by atoms with Crippen molar-refractivity contribution in [1.82, 2.24) is 10.2 Å². The Morgan fingerprint density at radius 3 is 2.14 bits per heavy atom.